The molecule has 1 saturated heterocycles. The van der Waals surface area contributed by atoms with Gasteiger partial charge in [0, 0.05) is 48.0 Å². The second-order valence-electron chi connectivity index (χ2n) is 9.68. The number of amides is 2. The number of nitrogens with one attached hydrogen (secondary N) is 3. The number of H-pyrrole nitrogens is 1. The zero-order chi connectivity index (χ0) is 24.3. The summed E-state index contributed by atoms with van der Waals surface area (Å²) in [5.74, 6) is 0.614. The Balaban J connectivity index is 1.16. The molecule has 2 amide bonds. The topological polar surface area (TPSA) is 99.3 Å². The molecule has 1 spiro atoms. The van der Waals surface area contributed by atoms with Crippen LogP contribution in [0.3, 0.4) is 0 Å². The summed E-state index contributed by atoms with van der Waals surface area (Å²) in [6, 6.07) is 17.9. The molecular weight excluding hydrogens is 454 g/mol. The molecule has 2 aromatic heterocycles. The number of pyridine rings is 1. The van der Waals surface area contributed by atoms with Crippen molar-refractivity contribution >= 4 is 34.1 Å². The number of hydrogen-bond donors (Lipinski definition) is 3. The highest BCUT2D eigenvalue weighted by Crippen LogP contribution is 2.45. The number of ether oxygens (including phenoxy) is 1. The Labute approximate surface area is 207 Å². The predicted octanol–water partition coefficient (Wildman–Crippen LogP) is 4.16. The first-order valence-corrected chi connectivity index (χ1v) is 12.3. The summed E-state index contributed by atoms with van der Waals surface area (Å²) in [5, 5.41) is 7.32. The van der Waals surface area contributed by atoms with Gasteiger partial charge in [-0.05, 0) is 36.6 Å². The fourth-order valence-corrected chi connectivity index (χ4v) is 5.82. The minimum absolute atomic E-state index is 0.0441. The van der Waals surface area contributed by atoms with Crippen LogP contribution in [-0.4, -0.2) is 52.9 Å². The minimum atomic E-state index is -0.543. The molecule has 5 heterocycles. The minimum Gasteiger partial charge on any atom is -0.474 e. The number of carbonyl (C=O) groups excluding carboxylic acids is 2. The van der Waals surface area contributed by atoms with Gasteiger partial charge in [-0.2, -0.15) is 0 Å². The highest BCUT2D eigenvalue weighted by molar-refractivity contribution is 6.07. The molecular formula is C28H25N5O3. The molecule has 4 aromatic rings. The van der Waals surface area contributed by atoms with Crippen LogP contribution in [0, 0.1) is 0 Å². The molecule has 0 radical (unpaired) electrons. The summed E-state index contributed by atoms with van der Waals surface area (Å²) in [7, 11) is 0. The van der Waals surface area contributed by atoms with Crippen LogP contribution in [0.4, 0.5) is 11.4 Å². The first kappa shape index (κ1) is 21.0. The molecule has 36 heavy (non-hydrogen) atoms. The maximum atomic E-state index is 13.5. The van der Waals surface area contributed by atoms with Crippen LogP contribution in [0.5, 0.6) is 5.88 Å². The van der Waals surface area contributed by atoms with E-state index in [0.29, 0.717) is 44.1 Å². The second-order valence-corrected chi connectivity index (χ2v) is 9.68. The molecule has 0 atom stereocenters. The molecule has 8 nitrogen and oxygen atoms in total. The number of fused-ring (bicyclic) bond motifs is 4. The van der Waals surface area contributed by atoms with E-state index in [1.54, 1.807) is 6.20 Å². The number of para-hydroxylation sites is 2. The van der Waals surface area contributed by atoms with Crippen LogP contribution in [0.1, 0.15) is 28.9 Å². The summed E-state index contributed by atoms with van der Waals surface area (Å²) in [6.07, 6.45) is 3.03. The van der Waals surface area contributed by atoms with E-state index in [4.69, 9.17) is 4.74 Å². The van der Waals surface area contributed by atoms with Gasteiger partial charge in [0.2, 0.25) is 11.8 Å². The van der Waals surface area contributed by atoms with Gasteiger partial charge in [0.15, 0.2) is 0 Å². The number of nitrogens with zero attached hydrogens (tertiary/aromatic N) is 2. The Morgan fingerprint density at radius 1 is 1.03 bits per heavy atom. The van der Waals surface area contributed by atoms with Crippen LogP contribution in [0.25, 0.3) is 22.0 Å². The van der Waals surface area contributed by atoms with Gasteiger partial charge in [0.25, 0.3) is 5.91 Å². The third-order valence-corrected chi connectivity index (χ3v) is 7.73. The first-order chi connectivity index (χ1) is 17.6. The van der Waals surface area contributed by atoms with E-state index in [1.807, 2.05) is 59.5 Å². The molecule has 0 bridgehead atoms. The number of rotatable bonds is 2. The van der Waals surface area contributed by atoms with Gasteiger partial charge in [-0.1, -0.05) is 36.4 Å². The number of hydrogen-bond acceptors (Lipinski definition) is 5. The van der Waals surface area contributed by atoms with Gasteiger partial charge in [0.1, 0.15) is 12.3 Å². The fourth-order valence-electron chi connectivity index (χ4n) is 5.82. The van der Waals surface area contributed by atoms with E-state index < -0.39 is 5.41 Å². The molecule has 180 valence electrons. The van der Waals surface area contributed by atoms with Crippen LogP contribution < -0.4 is 15.4 Å². The van der Waals surface area contributed by atoms with Gasteiger partial charge in [-0.15, -0.1) is 0 Å². The second kappa shape index (κ2) is 7.84. The Kier molecular flexibility index (Phi) is 4.57. The molecule has 3 aliphatic rings. The third-order valence-electron chi connectivity index (χ3n) is 7.73. The lowest BCUT2D eigenvalue weighted by atomic mass is 9.73. The summed E-state index contributed by atoms with van der Waals surface area (Å²) in [6.45, 7) is 2.41. The van der Waals surface area contributed by atoms with E-state index in [2.05, 4.69) is 20.6 Å². The number of aromatic amines is 1. The van der Waals surface area contributed by atoms with E-state index in [9.17, 15) is 9.59 Å². The van der Waals surface area contributed by atoms with Crippen molar-refractivity contribution in [3.63, 3.8) is 0 Å². The van der Waals surface area contributed by atoms with Crippen LogP contribution >= 0.6 is 0 Å². The Hall–Kier alpha value is -4.33. The molecule has 0 unspecified atom stereocenters. The monoisotopic (exact) mass is 479 g/mol. The van der Waals surface area contributed by atoms with Crippen molar-refractivity contribution in [3.8, 4) is 17.0 Å². The summed E-state index contributed by atoms with van der Waals surface area (Å²) >= 11 is 0. The van der Waals surface area contributed by atoms with E-state index >= 15 is 0 Å². The number of aromatic nitrogens is 2. The van der Waals surface area contributed by atoms with Crippen molar-refractivity contribution in [1.82, 2.24) is 14.9 Å². The lowest BCUT2D eigenvalue weighted by Crippen LogP contribution is -2.48. The number of anilines is 2. The largest absolute Gasteiger partial charge is 0.474 e. The van der Waals surface area contributed by atoms with Crippen LogP contribution in [0.15, 0.2) is 60.8 Å². The highest BCUT2D eigenvalue weighted by Gasteiger charge is 2.48. The lowest BCUT2D eigenvalue weighted by molar-refractivity contribution is -0.122. The number of benzene rings is 2. The van der Waals surface area contributed by atoms with E-state index in [1.165, 1.54) is 0 Å². The number of piperidine rings is 1. The van der Waals surface area contributed by atoms with Crippen LogP contribution in [0.2, 0.25) is 0 Å². The van der Waals surface area contributed by atoms with Crippen molar-refractivity contribution in [1.29, 1.82) is 0 Å². The van der Waals surface area contributed by atoms with Gasteiger partial charge in [-0.3, -0.25) is 9.59 Å². The average Bonchev–Trinajstić information content (AvgIpc) is 3.48. The molecule has 1 fully saturated rings. The summed E-state index contributed by atoms with van der Waals surface area (Å²) in [4.78, 5) is 36.1. The Morgan fingerprint density at radius 2 is 1.89 bits per heavy atom. The van der Waals surface area contributed by atoms with Gasteiger partial charge in [-0.25, -0.2) is 4.98 Å². The normalized spacial score (nSPS) is 17.8. The van der Waals surface area contributed by atoms with E-state index in [0.717, 1.165) is 45.5 Å². The van der Waals surface area contributed by atoms with Crippen molar-refractivity contribution in [3.05, 3.63) is 72.1 Å². The van der Waals surface area contributed by atoms with Gasteiger partial charge in [0.05, 0.1) is 16.6 Å². The first-order valence-electron chi connectivity index (χ1n) is 12.3. The molecule has 3 N–H and O–H groups in total. The van der Waals surface area contributed by atoms with Crippen molar-refractivity contribution in [2.24, 2.45) is 0 Å². The molecule has 0 aliphatic carbocycles. The average molecular weight is 480 g/mol. The summed E-state index contributed by atoms with van der Waals surface area (Å²) in [5.41, 5.74) is 5.65. The third kappa shape index (κ3) is 3.10. The molecule has 2 aromatic carbocycles. The van der Waals surface area contributed by atoms with Crippen molar-refractivity contribution in [2.75, 3.05) is 36.9 Å². The maximum absolute atomic E-state index is 13.5. The Bertz CT molecular complexity index is 1530. The zero-order valence-electron chi connectivity index (χ0n) is 19.6. The number of carbonyl (C=O) groups is 2. The molecule has 3 aliphatic heterocycles. The van der Waals surface area contributed by atoms with E-state index in [-0.39, 0.29) is 11.8 Å². The standard InChI is InChI=1S/C28H25N5O3/c34-26(33-11-8-28(9-12-33)20-6-1-2-7-21(20)32-27(28)35)23-14-17-4-3-5-19(24(17)31-23)18-15-22-25(30-16-18)36-13-10-29-22/h1-7,14-16,29,31H,8-13H2,(H,32,35). The summed E-state index contributed by atoms with van der Waals surface area (Å²) < 4.78 is 5.61. The quantitative estimate of drug-likeness (QED) is 0.401. The smallest absolute Gasteiger partial charge is 0.270 e. The molecule has 8 heteroatoms. The number of likely N-dealkylation sites (tertiary alicyclic amines) is 1. The zero-order valence-corrected chi connectivity index (χ0v) is 19.6. The highest BCUT2D eigenvalue weighted by atomic mass is 16.5. The fraction of sp³-hybridized carbons (Fsp3) is 0.250. The van der Waals surface area contributed by atoms with Crippen molar-refractivity contribution < 1.29 is 14.3 Å². The lowest BCUT2D eigenvalue weighted by Gasteiger charge is -2.37. The van der Waals surface area contributed by atoms with Gasteiger partial charge >= 0.3 is 0 Å². The van der Waals surface area contributed by atoms with Crippen LogP contribution in [-0.2, 0) is 10.2 Å². The SMILES string of the molecule is O=C(c1cc2cccc(-c3cnc4c(c3)NCCO4)c2[nH]1)N1CCC2(CC1)C(=O)Nc1ccccc12. The van der Waals surface area contributed by atoms with Gasteiger partial charge < -0.3 is 25.3 Å². The maximum Gasteiger partial charge on any atom is 0.270 e. The molecule has 0 saturated carbocycles. The molecule has 7 rings (SSSR count). The van der Waals surface area contributed by atoms with Crippen molar-refractivity contribution in [2.45, 2.75) is 18.3 Å². The Morgan fingerprint density at radius 3 is 2.78 bits per heavy atom. The predicted molar refractivity (Wildman–Crippen MR) is 137 cm³/mol.